The lowest BCUT2D eigenvalue weighted by atomic mass is 10.2. The smallest absolute Gasteiger partial charge is 0.370 e. The predicted octanol–water partition coefficient (Wildman–Crippen LogP) is 4.53. The average Bonchev–Trinajstić information content (AvgIpc) is 3.02. The van der Waals surface area contributed by atoms with Gasteiger partial charge in [-0.05, 0) is 34.9 Å². The number of nitrogens with zero attached hydrogens (tertiary/aromatic N) is 5. The molecule has 1 heterocycles. The van der Waals surface area contributed by atoms with Gasteiger partial charge in [-0.3, -0.25) is 10.1 Å². The van der Waals surface area contributed by atoms with Gasteiger partial charge < -0.3 is 4.90 Å². The summed E-state index contributed by atoms with van der Waals surface area (Å²) in [7, 11) is 3.74. The molecule has 1 aromatic heterocycles. The maximum absolute atomic E-state index is 10.8. The summed E-state index contributed by atoms with van der Waals surface area (Å²) in [4.78, 5) is 12.5. The number of aromatic nitrogens is 1. The number of thiazole rings is 1. The van der Waals surface area contributed by atoms with Crippen LogP contribution in [0.5, 0.6) is 0 Å². The Balaban J connectivity index is 1.68. The topological polar surface area (TPSA) is 75.0 Å². The normalized spacial score (nSPS) is 11.0. The summed E-state index contributed by atoms with van der Waals surface area (Å²) in [5, 5.41) is 19.6. The molecule has 2 aromatic carbocycles. The van der Waals surface area contributed by atoms with Crippen molar-refractivity contribution in [3.05, 3.63) is 76.5 Å². The number of nitro groups is 1. The summed E-state index contributed by atoms with van der Waals surface area (Å²) in [6.45, 7) is 0.816. The lowest BCUT2D eigenvalue weighted by Crippen LogP contribution is -2.23. The second kappa shape index (κ2) is 7.83. The highest BCUT2D eigenvalue weighted by atomic mass is 32.1. The Bertz CT molecular complexity index is 923. The molecule has 0 fully saturated rings. The van der Waals surface area contributed by atoms with Crippen LogP contribution in [0, 0.1) is 10.1 Å². The van der Waals surface area contributed by atoms with Gasteiger partial charge in [-0.25, -0.2) is 4.57 Å². The summed E-state index contributed by atoms with van der Waals surface area (Å²) in [6, 6.07) is 18.0. The molecule has 0 unspecified atom stereocenters. The second-order valence-corrected chi connectivity index (χ2v) is 6.77. The fraction of sp³-hybridized carbons (Fsp3) is 0.167. The molecule has 8 heteroatoms. The molecule has 26 heavy (non-hydrogen) atoms. The molecule has 3 rings (SSSR count). The standard InChI is InChI=1S/C18H18N5O2S/c1-21(12-14-6-4-3-5-7-14)16-10-8-15(9-11-16)19-20-18-22(2)13-17(26-18)23(24)25/h3-11,13H,12H2,1-2H3/q+1. The van der Waals surface area contributed by atoms with E-state index >= 15 is 0 Å². The van der Waals surface area contributed by atoms with Crippen molar-refractivity contribution < 1.29 is 9.49 Å². The molecule has 0 saturated heterocycles. The highest BCUT2D eigenvalue weighted by Crippen LogP contribution is 2.27. The minimum absolute atomic E-state index is 0.0411. The van der Waals surface area contributed by atoms with Gasteiger partial charge in [0.2, 0.25) is 0 Å². The fourth-order valence-corrected chi connectivity index (χ4v) is 3.16. The first-order valence-corrected chi connectivity index (χ1v) is 8.75. The SMILES string of the molecule is CN(Cc1ccccc1)c1ccc(N=Nc2sc([N+](=O)[O-])c[n+]2C)cc1. The first kappa shape index (κ1) is 17.7. The van der Waals surface area contributed by atoms with E-state index < -0.39 is 4.92 Å². The van der Waals surface area contributed by atoms with Crippen LogP contribution in [0.3, 0.4) is 0 Å². The van der Waals surface area contributed by atoms with Crippen LogP contribution in [0.2, 0.25) is 0 Å². The van der Waals surface area contributed by atoms with Gasteiger partial charge in [0.1, 0.15) is 5.69 Å². The molecule has 0 aliphatic rings. The summed E-state index contributed by atoms with van der Waals surface area (Å²) >= 11 is 0.991. The van der Waals surface area contributed by atoms with Gasteiger partial charge in [0.05, 0.1) is 17.1 Å². The van der Waals surface area contributed by atoms with Crippen molar-refractivity contribution in [2.45, 2.75) is 6.54 Å². The first-order valence-electron chi connectivity index (χ1n) is 7.93. The Morgan fingerprint density at radius 3 is 2.42 bits per heavy atom. The molecule has 0 aliphatic carbocycles. The van der Waals surface area contributed by atoms with Gasteiger partial charge in [-0.1, -0.05) is 30.3 Å². The Morgan fingerprint density at radius 2 is 1.81 bits per heavy atom. The van der Waals surface area contributed by atoms with Crippen molar-refractivity contribution in [1.29, 1.82) is 0 Å². The monoisotopic (exact) mass is 368 g/mol. The molecule has 0 bridgehead atoms. The quantitative estimate of drug-likeness (QED) is 0.278. The zero-order valence-corrected chi connectivity index (χ0v) is 15.3. The zero-order chi connectivity index (χ0) is 18.5. The van der Waals surface area contributed by atoms with E-state index in [0.29, 0.717) is 10.8 Å². The molecule has 3 aromatic rings. The van der Waals surface area contributed by atoms with Crippen molar-refractivity contribution in [3.8, 4) is 0 Å². The van der Waals surface area contributed by atoms with E-state index in [1.165, 1.54) is 11.8 Å². The zero-order valence-electron chi connectivity index (χ0n) is 14.4. The highest BCUT2D eigenvalue weighted by Gasteiger charge is 2.21. The number of rotatable bonds is 6. The molecule has 0 aliphatic heterocycles. The predicted molar refractivity (Wildman–Crippen MR) is 101 cm³/mol. The highest BCUT2D eigenvalue weighted by molar-refractivity contribution is 7.17. The molecule has 0 radical (unpaired) electrons. The Hall–Kier alpha value is -3.13. The van der Waals surface area contributed by atoms with E-state index in [1.807, 2.05) is 49.5 Å². The first-order chi connectivity index (χ1) is 12.5. The van der Waals surface area contributed by atoms with Crippen molar-refractivity contribution in [1.82, 2.24) is 0 Å². The Morgan fingerprint density at radius 1 is 1.12 bits per heavy atom. The molecule has 0 N–H and O–H groups in total. The second-order valence-electron chi connectivity index (χ2n) is 5.78. The number of hydrogen-bond donors (Lipinski definition) is 0. The fourth-order valence-electron chi connectivity index (χ4n) is 2.41. The van der Waals surface area contributed by atoms with Crippen LogP contribution in [0.15, 0.2) is 71.0 Å². The number of hydrogen-bond acceptors (Lipinski definition) is 6. The van der Waals surface area contributed by atoms with E-state index in [9.17, 15) is 10.1 Å². The number of azo groups is 1. The van der Waals surface area contributed by atoms with E-state index in [2.05, 4.69) is 27.3 Å². The van der Waals surface area contributed by atoms with Gasteiger partial charge in [-0.2, -0.15) is 0 Å². The van der Waals surface area contributed by atoms with Gasteiger partial charge in [0, 0.05) is 30.6 Å². The minimum atomic E-state index is -0.430. The summed E-state index contributed by atoms with van der Waals surface area (Å²) in [6.07, 6.45) is 1.43. The van der Waals surface area contributed by atoms with Crippen molar-refractivity contribution in [3.63, 3.8) is 0 Å². The Labute approximate surface area is 155 Å². The lowest BCUT2D eigenvalue weighted by Gasteiger charge is -2.19. The van der Waals surface area contributed by atoms with E-state index in [4.69, 9.17) is 0 Å². The molecule has 0 saturated carbocycles. The van der Waals surface area contributed by atoms with Crippen LogP contribution in [0.1, 0.15) is 5.56 Å². The molecular weight excluding hydrogens is 350 g/mol. The molecule has 7 nitrogen and oxygen atoms in total. The molecular formula is C18H18N5O2S+. The van der Waals surface area contributed by atoms with Gasteiger partial charge in [-0.15, -0.1) is 0 Å². The third-order valence-corrected chi connectivity index (χ3v) is 4.80. The van der Waals surface area contributed by atoms with Crippen LogP contribution in [-0.2, 0) is 13.6 Å². The van der Waals surface area contributed by atoms with Crippen LogP contribution in [0.25, 0.3) is 0 Å². The van der Waals surface area contributed by atoms with Crippen molar-refractivity contribution >= 4 is 32.8 Å². The molecule has 0 atom stereocenters. The molecule has 0 amide bonds. The summed E-state index contributed by atoms with van der Waals surface area (Å²) < 4.78 is 1.59. The summed E-state index contributed by atoms with van der Waals surface area (Å²) in [5.41, 5.74) is 3.01. The van der Waals surface area contributed by atoms with Crippen molar-refractivity contribution in [2.75, 3.05) is 11.9 Å². The number of benzene rings is 2. The molecule has 0 spiro atoms. The third kappa shape index (κ3) is 4.28. The lowest BCUT2D eigenvalue weighted by molar-refractivity contribution is -0.656. The average molecular weight is 368 g/mol. The Kier molecular flexibility index (Phi) is 5.33. The largest absolute Gasteiger partial charge is 0.414 e. The van der Waals surface area contributed by atoms with Gasteiger partial charge in [0.15, 0.2) is 6.20 Å². The minimum Gasteiger partial charge on any atom is -0.370 e. The van der Waals surface area contributed by atoms with Crippen LogP contribution >= 0.6 is 11.3 Å². The van der Waals surface area contributed by atoms with Gasteiger partial charge in [0.25, 0.3) is 0 Å². The van der Waals surface area contributed by atoms with Gasteiger partial charge >= 0.3 is 10.1 Å². The van der Waals surface area contributed by atoms with E-state index in [-0.39, 0.29) is 5.00 Å². The number of anilines is 1. The van der Waals surface area contributed by atoms with Crippen LogP contribution in [-0.4, -0.2) is 12.0 Å². The maximum atomic E-state index is 10.8. The third-order valence-electron chi connectivity index (χ3n) is 3.79. The van der Waals surface area contributed by atoms with Crippen molar-refractivity contribution in [2.24, 2.45) is 17.3 Å². The summed E-state index contributed by atoms with van der Waals surface area (Å²) in [5.74, 6) is 0. The number of aryl methyl sites for hydroxylation is 1. The van der Waals surface area contributed by atoms with Crippen LogP contribution < -0.4 is 9.47 Å². The van der Waals surface area contributed by atoms with E-state index in [0.717, 1.165) is 23.6 Å². The van der Waals surface area contributed by atoms with E-state index in [1.54, 1.807) is 11.6 Å². The maximum Gasteiger partial charge on any atom is 0.414 e. The molecule has 132 valence electrons. The van der Waals surface area contributed by atoms with Crippen LogP contribution in [0.4, 0.5) is 21.5 Å².